The third-order valence-corrected chi connectivity index (χ3v) is 5.63. The molecule has 9 heteroatoms. The average Bonchev–Trinajstić information content (AvgIpc) is 2.73. The molecule has 30 heavy (non-hydrogen) atoms. The van der Waals surface area contributed by atoms with Crippen molar-refractivity contribution in [3.05, 3.63) is 69.0 Å². The van der Waals surface area contributed by atoms with Crippen LogP contribution in [0, 0.1) is 10.1 Å². The fourth-order valence-corrected chi connectivity index (χ4v) is 3.84. The summed E-state index contributed by atoms with van der Waals surface area (Å²) in [5, 5.41) is 14.1. The second-order valence-electron chi connectivity index (χ2n) is 6.78. The number of nitrogens with zero attached hydrogens (tertiary/aromatic N) is 3. The number of carbonyl (C=O) groups excluding carboxylic acids is 1. The molecule has 0 bridgehead atoms. The lowest BCUT2D eigenvalue weighted by molar-refractivity contribution is -0.384. The number of fused-ring (bicyclic) bond motifs is 1. The van der Waals surface area contributed by atoms with Gasteiger partial charge in [-0.05, 0) is 31.5 Å². The van der Waals surface area contributed by atoms with Crippen LogP contribution in [0.15, 0.2) is 58.5 Å². The molecule has 0 aliphatic rings. The van der Waals surface area contributed by atoms with Crippen LogP contribution >= 0.6 is 11.8 Å². The predicted molar refractivity (Wildman–Crippen MR) is 118 cm³/mol. The molecule has 156 valence electrons. The minimum Gasteiger partial charge on any atom is -0.325 e. The number of hydrogen-bond donors (Lipinski definition) is 1. The van der Waals surface area contributed by atoms with Crippen molar-refractivity contribution >= 4 is 39.9 Å². The molecule has 3 rings (SSSR count). The highest BCUT2D eigenvalue weighted by atomic mass is 32.2. The van der Waals surface area contributed by atoms with Crippen LogP contribution in [0.25, 0.3) is 10.9 Å². The molecular formula is C21H22N4O4S. The lowest BCUT2D eigenvalue weighted by atomic mass is 10.2. The van der Waals surface area contributed by atoms with Gasteiger partial charge in [0, 0.05) is 24.4 Å². The first-order chi connectivity index (χ1) is 14.4. The molecule has 0 spiro atoms. The Kier molecular flexibility index (Phi) is 6.83. The second kappa shape index (κ2) is 9.53. The number of unbranched alkanes of at least 4 members (excludes halogenated alkanes) is 1. The normalized spacial score (nSPS) is 11.9. The van der Waals surface area contributed by atoms with Gasteiger partial charge in [0.2, 0.25) is 5.91 Å². The Balaban J connectivity index is 1.85. The molecular weight excluding hydrogens is 404 g/mol. The first kappa shape index (κ1) is 21.5. The molecule has 1 aromatic heterocycles. The summed E-state index contributed by atoms with van der Waals surface area (Å²) in [6.45, 7) is 4.28. The van der Waals surface area contributed by atoms with E-state index in [-0.39, 0.29) is 17.2 Å². The van der Waals surface area contributed by atoms with E-state index in [1.165, 1.54) is 30.0 Å². The third kappa shape index (κ3) is 4.85. The van der Waals surface area contributed by atoms with Crippen molar-refractivity contribution in [2.24, 2.45) is 0 Å². The van der Waals surface area contributed by atoms with Crippen LogP contribution in [0.3, 0.4) is 0 Å². The molecule has 0 aliphatic heterocycles. The molecule has 1 amide bonds. The Morgan fingerprint density at radius 1 is 1.27 bits per heavy atom. The maximum absolute atomic E-state index is 12.9. The first-order valence-corrected chi connectivity index (χ1v) is 10.5. The zero-order valence-corrected chi connectivity index (χ0v) is 17.5. The lowest BCUT2D eigenvalue weighted by Crippen LogP contribution is -2.27. The largest absolute Gasteiger partial charge is 0.325 e. The highest BCUT2D eigenvalue weighted by molar-refractivity contribution is 8.00. The van der Waals surface area contributed by atoms with Gasteiger partial charge in [0.25, 0.3) is 11.2 Å². The van der Waals surface area contributed by atoms with Crippen molar-refractivity contribution in [3.8, 4) is 0 Å². The van der Waals surface area contributed by atoms with Crippen molar-refractivity contribution in [1.29, 1.82) is 0 Å². The number of thioether (sulfide) groups is 1. The summed E-state index contributed by atoms with van der Waals surface area (Å²) in [6, 6.07) is 12.9. The summed E-state index contributed by atoms with van der Waals surface area (Å²) in [6.07, 6.45) is 1.74. The van der Waals surface area contributed by atoms with Gasteiger partial charge >= 0.3 is 0 Å². The Morgan fingerprint density at radius 3 is 2.77 bits per heavy atom. The molecule has 2 aromatic carbocycles. The van der Waals surface area contributed by atoms with Gasteiger partial charge < -0.3 is 5.32 Å². The van der Waals surface area contributed by atoms with Crippen LogP contribution in [0.1, 0.15) is 26.7 Å². The number of nitrogens with one attached hydrogen (secondary N) is 1. The molecule has 3 aromatic rings. The summed E-state index contributed by atoms with van der Waals surface area (Å²) >= 11 is 1.19. The molecule has 0 aliphatic carbocycles. The van der Waals surface area contributed by atoms with E-state index in [0.717, 1.165) is 12.8 Å². The topological polar surface area (TPSA) is 107 Å². The fraction of sp³-hybridized carbons (Fsp3) is 0.286. The van der Waals surface area contributed by atoms with E-state index in [0.29, 0.717) is 28.3 Å². The van der Waals surface area contributed by atoms with Crippen LogP contribution in [-0.2, 0) is 11.3 Å². The molecule has 0 saturated heterocycles. The zero-order valence-electron chi connectivity index (χ0n) is 16.7. The molecule has 0 saturated carbocycles. The number of carbonyl (C=O) groups is 1. The first-order valence-electron chi connectivity index (χ1n) is 9.62. The summed E-state index contributed by atoms with van der Waals surface area (Å²) in [5.74, 6) is -0.329. The van der Waals surface area contributed by atoms with Crippen LogP contribution in [0.5, 0.6) is 0 Å². The van der Waals surface area contributed by atoms with Gasteiger partial charge in [0.05, 0.1) is 21.1 Å². The van der Waals surface area contributed by atoms with E-state index in [2.05, 4.69) is 10.3 Å². The van der Waals surface area contributed by atoms with E-state index in [9.17, 15) is 19.7 Å². The summed E-state index contributed by atoms with van der Waals surface area (Å²) in [5.41, 5.74) is 0.709. The van der Waals surface area contributed by atoms with Crippen molar-refractivity contribution < 1.29 is 9.72 Å². The molecule has 8 nitrogen and oxygen atoms in total. The Bertz CT molecular complexity index is 1150. The van der Waals surface area contributed by atoms with Crippen LogP contribution < -0.4 is 10.9 Å². The number of aromatic nitrogens is 2. The highest BCUT2D eigenvalue weighted by Crippen LogP contribution is 2.25. The number of rotatable bonds is 8. The highest BCUT2D eigenvalue weighted by Gasteiger charge is 2.20. The minimum absolute atomic E-state index is 0.0993. The van der Waals surface area contributed by atoms with Crippen molar-refractivity contribution in [2.75, 3.05) is 5.32 Å². The van der Waals surface area contributed by atoms with Gasteiger partial charge in [0.1, 0.15) is 0 Å². The van der Waals surface area contributed by atoms with E-state index in [4.69, 9.17) is 0 Å². The lowest BCUT2D eigenvalue weighted by Gasteiger charge is -2.16. The van der Waals surface area contributed by atoms with Gasteiger partial charge in [0.15, 0.2) is 5.16 Å². The SMILES string of the molecule is CCCCn1c(SC(C)C(=O)Nc2cccc([N+](=O)[O-])c2)nc2ccccc2c1=O. The smallest absolute Gasteiger partial charge is 0.271 e. The van der Waals surface area contributed by atoms with Crippen LogP contribution in [-0.4, -0.2) is 25.6 Å². The van der Waals surface area contributed by atoms with Gasteiger partial charge in [-0.2, -0.15) is 0 Å². The average molecular weight is 426 g/mol. The minimum atomic E-state index is -0.565. The Hall–Kier alpha value is -3.20. The van der Waals surface area contributed by atoms with Crippen molar-refractivity contribution in [3.63, 3.8) is 0 Å². The van der Waals surface area contributed by atoms with E-state index >= 15 is 0 Å². The monoisotopic (exact) mass is 426 g/mol. The zero-order chi connectivity index (χ0) is 21.7. The number of benzene rings is 2. The number of anilines is 1. The Labute approximate surface area is 177 Å². The second-order valence-corrected chi connectivity index (χ2v) is 8.09. The molecule has 1 unspecified atom stereocenters. The summed E-state index contributed by atoms with van der Waals surface area (Å²) < 4.78 is 1.62. The van der Waals surface area contributed by atoms with Gasteiger partial charge in [-0.3, -0.25) is 24.3 Å². The maximum atomic E-state index is 12.9. The molecule has 1 heterocycles. The summed E-state index contributed by atoms with van der Waals surface area (Å²) in [7, 11) is 0. The number of para-hydroxylation sites is 1. The molecule has 1 atom stereocenters. The van der Waals surface area contributed by atoms with Crippen LogP contribution in [0.4, 0.5) is 11.4 Å². The summed E-state index contributed by atoms with van der Waals surface area (Å²) in [4.78, 5) is 40.6. The molecule has 0 fully saturated rings. The quantitative estimate of drug-likeness (QED) is 0.250. The number of non-ortho nitro benzene ring substituents is 1. The standard InChI is InChI=1S/C21H22N4O4S/c1-3-4-12-24-20(27)17-10-5-6-11-18(17)23-21(24)30-14(2)19(26)22-15-8-7-9-16(13-15)25(28)29/h5-11,13-14H,3-4,12H2,1-2H3,(H,22,26). The van der Waals surface area contributed by atoms with Crippen LogP contribution in [0.2, 0.25) is 0 Å². The number of hydrogen-bond acceptors (Lipinski definition) is 6. The van der Waals surface area contributed by atoms with Gasteiger partial charge in [-0.15, -0.1) is 0 Å². The predicted octanol–water partition coefficient (Wildman–Crippen LogP) is 4.22. The van der Waals surface area contributed by atoms with Gasteiger partial charge in [-0.1, -0.05) is 43.3 Å². The van der Waals surface area contributed by atoms with Crippen molar-refractivity contribution in [2.45, 2.75) is 43.6 Å². The molecule has 1 N–H and O–H groups in total. The molecule has 0 radical (unpaired) electrons. The van der Waals surface area contributed by atoms with E-state index in [1.807, 2.05) is 13.0 Å². The Morgan fingerprint density at radius 2 is 2.03 bits per heavy atom. The maximum Gasteiger partial charge on any atom is 0.271 e. The fourth-order valence-electron chi connectivity index (χ4n) is 2.90. The van der Waals surface area contributed by atoms with E-state index in [1.54, 1.807) is 35.8 Å². The van der Waals surface area contributed by atoms with Gasteiger partial charge in [-0.25, -0.2) is 4.98 Å². The van der Waals surface area contributed by atoms with E-state index < -0.39 is 10.2 Å². The number of nitro benzene ring substituents is 1. The number of nitro groups is 1. The van der Waals surface area contributed by atoms with Crippen molar-refractivity contribution in [1.82, 2.24) is 9.55 Å². The third-order valence-electron chi connectivity index (χ3n) is 4.54. The number of amides is 1.